The van der Waals surface area contributed by atoms with E-state index in [4.69, 9.17) is 4.74 Å². The summed E-state index contributed by atoms with van der Waals surface area (Å²) in [6.07, 6.45) is 4.94. The highest BCUT2D eigenvalue weighted by atomic mass is 16.5. The molecule has 0 spiro atoms. The van der Waals surface area contributed by atoms with Crippen LogP contribution in [0.5, 0.6) is 0 Å². The predicted molar refractivity (Wildman–Crippen MR) is 151 cm³/mol. The SMILES string of the molecule is CC(CC(C(C)(C)C)C(C)(C)OC(C)(C)C(CC(C)CC(C)(C)C)C(C)(C)C)CC(C)(C)C. The molecule has 200 valence electrons. The Balaban J connectivity index is 5.91. The summed E-state index contributed by atoms with van der Waals surface area (Å²) in [5.41, 5.74) is 0.750. The van der Waals surface area contributed by atoms with Gasteiger partial charge in [-0.1, -0.05) is 96.9 Å². The minimum Gasteiger partial charge on any atom is -0.369 e. The Labute approximate surface area is 211 Å². The van der Waals surface area contributed by atoms with Crippen LogP contribution in [0.3, 0.4) is 0 Å². The number of ether oxygens (including phenoxy) is 1. The summed E-state index contributed by atoms with van der Waals surface area (Å²) in [7, 11) is 0. The van der Waals surface area contributed by atoms with Crippen LogP contribution in [0.4, 0.5) is 0 Å². The Morgan fingerprint density at radius 3 is 0.879 bits per heavy atom. The van der Waals surface area contributed by atoms with Crippen LogP contribution in [-0.4, -0.2) is 11.2 Å². The molecule has 0 rings (SSSR count). The molecule has 0 amide bonds. The van der Waals surface area contributed by atoms with E-state index < -0.39 is 0 Å². The van der Waals surface area contributed by atoms with Gasteiger partial charge < -0.3 is 4.74 Å². The van der Waals surface area contributed by atoms with E-state index in [1.54, 1.807) is 0 Å². The third-order valence-corrected chi connectivity index (χ3v) is 7.49. The van der Waals surface area contributed by atoms with Gasteiger partial charge in [-0.3, -0.25) is 0 Å². The molecule has 0 aliphatic heterocycles. The minimum atomic E-state index is -0.190. The van der Waals surface area contributed by atoms with Crippen LogP contribution < -0.4 is 0 Å². The molecule has 0 radical (unpaired) electrons. The van der Waals surface area contributed by atoms with Crippen LogP contribution in [0.2, 0.25) is 0 Å². The van der Waals surface area contributed by atoms with E-state index in [1.807, 2.05) is 0 Å². The Morgan fingerprint density at radius 2 is 0.697 bits per heavy atom. The third-order valence-electron chi connectivity index (χ3n) is 7.49. The lowest BCUT2D eigenvalue weighted by Gasteiger charge is -2.52. The topological polar surface area (TPSA) is 9.23 Å². The van der Waals surface area contributed by atoms with Gasteiger partial charge in [0.15, 0.2) is 0 Å². The van der Waals surface area contributed by atoms with E-state index in [0.29, 0.717) is 34.5 Å². The zero-order valence-electron chi connectivity index (χ0n) is 26.5. The van der Waals surface area contributed by atoms with Gasteiger partial charge in [0, 0.05) is 0 Å². The van der Waals surface area contributed by atoms with Crippen LogP contribution in [0.1, 0.15) is 150 Å². The van der Waals surface area contributed by atoms with Gasteiger partial charge in [-0.05, 0) is 98.7 Å². The van der Waals surface area contributed by atoms with Crippen LogP contribution in [0.15, 0.2) is 0 Å². The first kappa shape index (κ1) is 33.0. The summed E-state index contributed by atoms with van der Waals surface area (Å²) in [5.74, 6) is 2.36. The summed E-state index contributed by atoms with van der Waals surface area (Å²) in [4.78, 5) is 0. The summed E-state index contributed by atoms with van der Waals surface area (Å²) in [5, 5.41) is 0. The van der Waals surface area contributed by atoms with Crippen LogP contribution in [-0.2, 0) is 4.74 Å². The van der Waals surface area contributed by atoms with E-state index >= 15 is 0 Å². The Kier molecular flexibility index (Phi) is 10.9. The van der Waals surface area contributed by atoms with Crippen molar-refractivity contribution in [2.75, 3.05) is 0 Å². The van der Waals surface area contributed by atoms with Crippen molar-refractivity contribution in [3.05, 3.63) is 0 Å². The van der Waals surface area contributed by atoms with Gasteiger partial charge in [0.2, 0.25) is 0 Å². The quantitative estimate of drug-likeness (QED) is 0.311. The normalized spacial score (nSPS) is 18.7. The lowest BCUT2D eigenvalue weighted by Crippen LogP contribution is -2.52. The molecule has 0 aromatic rings. The molecule has 0 saturated carbocycles. The molecule has 0 heterocycles. The lowest BCUT2D eigenvalue weighted by atomic mass is 9.64. The highest BCUT2D eigenvalue weighted by Crippen LogP contribution is 2.49. The van der Waals surface area contributed by atoms with E-state index in [1.165, 1.54) is 25.7 Å². The molecule has 1 heteroatoms. The molecular weight excluding hydrogens is 400 g/mol. The molecule has 33 heavy (non-hydrogen) atoms. The van der Waals surface area contributed by atoms with Crippen molar-refractivity contribution in [2.45, 2.75) is 162 Å². The molecule has 4 unspecified atom stereocenters. The second kappa shape index (κ2) is 10.9. The average Bonchev–Trinajstić information content (AvgIpc) is 2.43. The maximum atomic E-state index is 7.26. The van der Waals surface area contributed by atoms with Gasteiger partial charge in [-0.2, -0.15) is 0 Å². The summed E-state index contributed by atoms with van der Waals surface area (Å²) in [6.45, 7) is 43.0. The van der Waals surface area contributed by atoms with Crippen molar-refractivity contribution >= 4 is 0 Å². The Bertz CT molecular complexity index is 516. The monoisotopic (exact) mass is 467 g/mol. The van der Waals surface area contributed by atoms with Crippen molar-refractivity contribution in [1.82, 2.24) is 0 Å². The van der Waals surface area contributed by atoms with E-state index in [0.717, 1.165) is 0 Å². The van der Waals surface area contributed by atoms with E-state index in [9.17, 15) is 0 Å². The van der Waals surface area contributed by atoms with Crippen LogP contribution >= 0.6 is 0 Å². The smallest absolute Gasteiger partial charge is 0.0667 e. The zero-order valence-corrected chi connectivity index (χ0v) is 26.5. The van der Waals surface area contributed by atoms with Gasteiger partial charge in [-0.15, -0.1) is 0 Å². The van der Waals surface area contributed by atoms with Crippen LogP contribution in [0, 0.1) is 45.3 Å². The molecule has 0 fully saturated rings. The first-order chi connectivity index (χ1) is 14.2. The van der Waals surface area contributed by atoms with Crippen molar-refractivity contribution in [3.63, 3.8) is 0 Å². The summed E-state index contributed by atoms with van der Waals surface area (Å²) < 4.78 is 7.26. The first-order valence-corrected chi connectivity index (χ1v) is 13.9. The highest BCUT2D eigenvalue weighted by molar-refractivity contribution is 4.96. The largest absolute Gasteiger partial charge is 0.369 e. The Hall–Kier alpha value is -0.0400. The standard InChI is InChI=1S/C32H66O/c1-23(21-27(3,4)5)19-25(29(9,10)11)31(15,16)33-32(17,18)26(30(12,13)14)20-24(2)22-28(6,7)8/h23-26H,19-22H2,1-18H3. The molecule has 0 aromatic carbocycles. The predicted octanol–water partition coefficient (Wildman–Crippen LogP) is 10.8. The molecule has 0 saturated heterocycles. The fourth-order valence-electron chi connectivity index (χ4n) is 7.24. The van der Waals surface area contributed by atoms with E-state index in [-0.39, 0.29) is 22.0 Å². The maximum Gasteiger partial charge on any atom is 0.0667 e. The average molecular weight is 467 g/mol. The molecular formula is C32H66O. The molecule has 0 aromatic heterocycles. The van der Waals surface area contributed by atoms with Crippen molar-refractivity contribution < 1.29 is 4.74 Å². The summed E-state index contributed by atoms with van der Waals surface area (Å²) >= 11 is 0. The fourth-order valence-corrected chi connectivity index (χ4v) is 7.24. The molecule has 0 aliphatic rings. The number of rotatable bonds is 10. The minimum absolute atomic E-state index is 0.190. The lowest BCUT2D eigenvalue weighted by molar-refractivity contribution is -0.207. The second-order valence-electron chi connectivity index (χ2n) is 17.4. The first-order valence-electron chi connectivity index (χ1n) is 13.9. The number of hydrogen-bond donors (Lipinski definition) is 0. The summed E-state index contributed by atoms with van der Waals surface area (Å²) in [6, 6.07) is 0. The highest BCUT2D eigenvalue weighted by Gasteiger charge is 2.47. The Morgan fingerprint density at radius 1 is 0.455 bits per heavy atom. The van der Waals surface area contributed by atoms with Gasteiger partial charge in [0.25, 0.3) is 0 Å². The van der Waals surface area contributed by atoms with Crippen molar-refractivity contribution in [3.8, 4) is 0 Å². The molecule has 0 N–H and O–H groups in total. The van der Waals surface area contributed by atoms with Gasteiger partial charge in [-0.25, -0.2) is 0 Å². The van der Waals surface area contributed by atoms with Gasteiger partial charge in [0.1, 0.15) is 0 Å². The van der Waals surface area contributed by atoms with E-state index in [2.05, 4.69) is 125 Å². The fraction of sp³-hybridized carbons (Fsp3) is 1.00. The van der Waals surface area contributed by atoms with Gasteiger partial charge in [0.05, 0.1) is 11.2 Å². The van der Waals surface area contributed by atoms with Gasteiger partial charge >= 0.3 is 0 Å². The number of hydrogen-bond acceptors (Lipinski definition) is 1. The second-order valence-corrected chi connectivity index (χ2v) is 17.4. The molecule has 1 nitrogen and oxygen atoms in total. The zero-order chi connectivity index (χ0) is 26.8. The van der Waals surface area contributed by atoms with Crippen molar-refractivity contribution in [1.29, 1.82) is 0 Å². The third kappa shape index (κ3) is 12.5. The molecule has 4 atom stereocenters. The molecule has 0 aliphatic carbocycles. The molecule has 0 bridgehead atoms. The van der Waals surface area contributed by atoms with Crippen molar-refractivity contribution in [2.24, 2.45) is 45.3 Å². The maximum absolute atomic E-state index is 7.26. The van der Waals surface area contributed by atoms with Crippen LogP contribution in [0.25, 0.3) is 0 Å².